The largest absolute Gasteiger partial charge is 0.419 e. The molecule has 192 valence electrons. The number of rotatable bonds is 7. The second-order valence-corrected chi connectivity index (χ2v) is 11.6. The highest BCUT2D eigenvalue weighted by atomic mass is 32.2. The third-order valence-electron chi connectivity index (χ3n) is 6.53. The van der Waals surface area contributed by atoms with Crippen LogP contribution in [0.15, 0.2) is 27.4 Å². The van der Waals surface area contributed by atoms with Crippen LogP contribution in [0.25, 0.3) is 11.1 Å². The number of hydrogen-bond acceptors (Lipinski definition) is 8. The molecule has 2 aromatic rings. The number of oxazole rings is 1. The molecule has 11 heteroatoms. The number of carbonyl (C=O) groups excluding carboxylic acids is 1. The summed E-state index contributed by atoms with van der Waals surface area (Å²) in [6, 6.07) is 5.04. The minimum absolute atomic E-state index is 0.0608. The minimum atomic E-state index is -3.87. The Morgan fingerprint density at radius 3 is 2.78 bits per heavy atom. The van der Waals surface area contributed by atoms with E-state index in [1.165, 1.54) is 11.5 Å². The average Bonchev–Trinajstić information content (AvgIpc) is 3.13. The van der Waals surface area contributed by atoms with Crippen LogP contribution in [0, 0.1) is 29.6 Å². The molecular formula is C25H29N3O7S. The van der Waals surface area contributed by atoms with Gasteiger partial charge in [-0.05, 0) is 56.2 Å². The first-order chi connectivity index (χ1) is 17.2. The smallest absolute Gasteiger partial charge is 0.408 e. The predicted molar refractivity (Wildman–Crippen MR) is 132 cm³/mol. The van der Waals surface area contributed by atoms with E-state index in [-0.39, 0.29) is 13.0 Å². The Balaban J connectivity index is 1.47. The number of nitrogens with zero attached hydrogens (tertiary/aromatic N) is 1. The van der Waals surface area contributed by atoms with E-state index in [1.807, 2.05) is 0 Å². The van der Waals surface area contributed by atoms with Crippen molar-refractivity contribution in [2.75, 3.05) is 26.0 Å². The van der Waals surface area contributed by atoms with Gasteiger partial charge in [-0.15, -0.1) is 0 Å². The Morgan fingerprint density at radius 2 is 2.11 bits per heavy atom. The first-order valence-electron chi connectivity index (χ1n) is 11.8. The first kappa shape index (κ1) is 26.0. The minimum Gasteiger partial charge on any atom is -0.408 e. The second kappa shape index (κ2) is 10.9. The number of carbonyl (C=O) groups is 1. The summed E-state index contributed by atoms with van der Waals surface area (Å²) in [6.07, 6.45) is 2.58. The highest BCUT2D eigenvalue weighted by molar-refractivity contribution is 7.92. The molecule has 0 bridgehead atoms. The van der Waals surface area contributed by atoms with Crippen LogP contribution in [-0.4, -0.2) is 55.9 Å². The van der Waals surface area contributed by atoms with Gasteiger partial charge in [-0.2, -0.15) is 0 Å². The number of ether oxygens (including phenoxy) is 1. The standard InChI is InChI=1S/C25H29N3O7S/c1-25(36(2,31)32,23(29)27-35-22-9-5-6-14-33-22)12-13-28-20-11-10-18(15-21(20)34-24(28)30)7-3-4-8-19-16-26-17-19/h10-11,15,19,22,26H,5-6,9,12-14,16-17H2,1-2H3,(H,27,29). The lowest BCUT2D eigenvalue weighted by molar-refractivity contribution is -0.201. The van der Waals surface area contributed by atoms with E-state index in [1.54, 1.807) is 18.2 Å². The lowest BCUT2D eigenvalue weighted by atomic mass is 10.1. The molecular weight excluding hydrogens is 486 g/mol. The zero-order valence-electron chi connectivity index (χ0n) is 20.3. The van der Waals surface area contributed by atoms with Gasteiger partial charge in [-0.25, -0.2) is 23.5 Å². The van der Waals surface area contributed by atoms with Gasteiger partial charge >= 0.3 is 5.76 Å². The fraction of sp³-hybridized carbons (Fsp3) is 0.520. The van der Waals surface area contributed by atoms with Crippen molar-refractivity contribution in [2.24, 2.45) is 5.92 Å². The van der Waals surface area contributed by atoms with Crippen molar-refractivity contribution in [3.63, 3.8) is 0 Å². The summed E-state index contributed by atoms with van der Waals surface area (Å²) in [7, 11) is -3.87. The first-order valence-corrected chi connectivity index (χ1v) is 13.7. The number of amides is 1. The van der Waals surface area contributed by atoms with E-state index < -0.39 is 32.5 Å². The molecule has 36 heavy (non-hydrogen) atoms. The van der Waals surface area contributed by atoms with E-state index in [2.05, 4.69) is 34.5 Å². The molecule has 1 amide bonds. The number of benzene rings is 1. The molecule has 2 saturated heterocycles. The van der Waals surface area contributed by atoms with E-state index in [0.717, 1.165) is 32.2 Å². The normalized spacial score (nSPS) is 19.8. The Morgan fingerprint density at radius 1 is 1.31 bits per heavy atom. The topological polar surface area (TPSA) is 129 Å². The van der Waals surface area contributed by atoms with E-state index in [9.17, 15) is 18.0 Å². The van der Waals surface area contributed by atoms with E-state index in [4.69, 9.17) is 14.0 Å². The summed E-state index contributed by atoms with van der Waals surface area (Å²) in [5, 5.41) is 3.14. The molecule has 0 saturated carbocycles. The van der Waals surface area contributed by atoms with Gasteiger partial charge < -0.3 is 14.5 Å². The second-order valence-electron chi connectivity index (χ2n) is 9.17. The average molecular weight is 516 g/mol. The van der Waals surface area contributed by atoms with Crippen molar-refractivity contribution in [3.8, 4) is 23.7 Å². The molecule has 2 unspecified atom stereocenters. The third-order valence-corrected chi connectivity index (χ3v) is 8.55. The summed E-state index contributed by atoms with van der Waals surface area (Å²) >= 11 is 0. The van der Waals surface area contributed by atoms with Crippen LogP contribution in [0.5, 0.6) is 0 Å². The number of hydrogen-bond donors (Lipinski definition) is 2. The van der Waals surface area contributed by atoms with Crippen LogP contribution in [0.3, 0.4) is 0 Å². The molecule has 4 rings (SSSR count). The molecule has 2 atom stereocenters. The monoisotopic (exact) mass is 515 g/mol. The SMILES string of the molecule is CC(CCn1c(=O)oc2cc(C#CC#CC3CNC3)ccc21)(C(=O)NOC1CCCCO1)S(C)(=O)=O. The Bertz CT molecular complexity index is 1410. The van der Waals surface area contributed by atoms with Crippen molar-refractivity contribution in [3.05, 3.63) is 34.3 Å². The molecule has 2 aliphatic rings. The Hall–Kier alpha value is -3.09. The van der Waals surface area contributed by atoms with Crippen molar-refractivity contribution >= 4 is 26.8 Å². The van der Waals surface area contributed by atoms with Gasteiger partial charge in [0.25, 0.3) is 5.91 Å². The molecule has 10 nitrogen and oxygen atoms in total. The Labute approximate surface area is 209 Å². The molecule has 2 N–H and O–H groups in total. The maximum atomic E-state index is 12.9. The maximum Gasteiger partial charge on any atom is 0.419 e. The molecule has 1 aromatic carbocycles. The van der Waals surface area contributed by atoms with E-state index >= 15 is 0 Å². The summed E-state index contributed by atoms with van der Waals surface area (Å²) in [5.41, 5.74) is 3.66. The molecule has 0 aliphatic carbocycles. The number of hydroxylamine groups is 1. The van der Waals surface area contributed by atoms with E-state index in [0.29, 0.717) is 35.6 Å². The van der Waals surface area contributed by atoms with Crippen molar-refractivity contribution in [2.45, 2.75) is 50.2 Å². The number of nitrogens with one attached hydrogen (secondary N) is 2. The lowest BCUT2D eigenvalue weighted by Gasteiger charge is -2.28. The number of sulfone groups is 1. The predicted octanol–water partition coefficient (Wildman–Crippen LogP) is 0.937. The van der Waals surface area contributed by atoms with Crippen LogP contribution in [0.4, 0.5) is 0 Å². The zero-order chi connectivity index (χ0) is 25.8. The number of aryl methyl sites for hydroxylation is 1. The van der Waals surface area contributed by atoms with Gasteiger partial charge in [-0.3, -0.25) is 9.36 Å². The molecule has 0 radical (unpaired) electrons. The van der Waals surface area contributed by atoms with Gasteiger partial charge in [0.1, 0.15) is 0 Å². The van der Waals surface area contributed by atoms with Crippen LogP contribution < -0.4 is 16.6 Å². The summed E-state index contributed by atoms with van der Waals surface area (Å²) in [4.78, 5) is 30.7. The lowest BCUT2D eigenvalue weighted by Crippen LogP contribution is -2.51. The molecule has 3 heterocycles. The summed E-state index contributed by atoms with van der Waals surface area (Å²) in [5.74, 6) is 10.5. The fourth-order valence-electron chi connectivity index (χ4n) is 3.81. The molecule has 0 spiro atoms. The van der Waals surface area contributed by atoms with Gasteiger partial charge in [0.15, 0.2) is 26.5 Å². The van der Waals surface area contributed by atoms with Crippen molar-refractivity contribution in [1.29, 1.82) is 0 Å². The highest BCUT2D eigenvalue weighted by Crippen LogP contribution is 2.24. The Kier molecular flexibility index (Phi) is 7.86. The molecule has 2 aliphatic heterocycles. The quantitative estimate of drug-likeness (QED) is 0.412. The highest BCUT2D eigenvalue weighted by Gasteiger charge is 2.44. The summed E-state index contributed by atoms with van der Waals surface area (Å²) in [6.45, 7) is 3.51. The third kappa shape index (κ3) is 5.82. The van der Waals surface area contributed by atoms with Crippen LogP contribution in [0.2, 0.25) is 0 Å². The summed E-state index contributed by atoms with van der Waals surface area (Å²) < 4.78 is 35.4. The van der Waals surface area contributed by atoms with Crippen LogP contribution in [-0.2, 0) is 30.8 Å². The van der Waals surface area contributed by atoms with Gasteiger partial charge in [0.2, 0.25) is 0 Å². The molecule has 2 fully saturated rings. The van der Waals surface area contributed by atoms with Gasteiger partial charge in [0.05, 0.1) is 5.52 Å². The van der Waals surface area contributed by atoms with Crippen molar-refractivity contribution in [1.82, 2.24) is 15.4 Å². The molecule has 1 aromatic heterocycles. The number of fused-ring (bicyclic) bond motifs is 1. The van der Waals surface area contributed by atoms with Gasteiger partial charge in [0, 0.05) is 50.4 Å². The van der Waals surface area contributed by atoms with Gasteiger partial charge in [-0.1, -0.05) is 11.8 Å². The maximum absolute atomic E-state index is 12.9. The van der Waals surface area contributed by atoms with Crippen molar-refractivity contribution < 1.29 is 27.2 Å². The fourth-order valence-corrected chi connectivity index (χ4v) is 4.65. The van der Waals surface area contributed by atoms with Crippen LogP contribution >= 0.6 is 0 Å². The van der Waals surface area contributed by atoms with Crippen LogP contribution in [0.1, 0.15) is 38.2 Å². The zero-order valence-corrected chi connectivity index (χ0v) is 21.1. The number of aromatic nitrogens is 1.